The Morgan fingerprint density at radius 3 is 3.19 bits per heavy atom. The molecule has 0 bridgehead atoms. The first kappa shape index (κ1) is 11.6. The predicted molar refractivity (Wildman–Crippen MR) is 67.1 cm³/mol. The van der Waals surface area contributed by atoms with Crippen LogP contribution in [-0.4, -0.2) is 36.5 Å². The van der Waals surface area contributed by atoms with E-state index in [4.69, 9.17) is 0 Å². The van der Waals surface area contributed by atoms with Crippen molar-refractivity contribution in [1.29, 1.82) is 0 Å². The number of nitrogens with one attached hydrogen (secondary N) is 1. The second-order valence-electron chi connectivity index (χ2n) is 4.23. The number of thiophene rings is 1. The molecule has 2 rings (SSSR count). The largest absolute Gasteiger partial charge is 0.335 e. The molecule has 1 aromatic heterocycles. The van der Waals surface area contributed by atoms with E-state index in [1.807, 2.05) is 10.3 Å². The number of rotatable bonds is 2. The van der Waals surface area contributed by atoms with Crippen molar-refractivity contribution in [3.05, 3.63) is 21.9 Å². The summed E-state index contributed by atoms with van der Waals surface area (Å²) in [5.41, 5.74) is 1.18. The number of piperazine rings is 1. The number of aryl methyl sites for hydroxylation is 1. The summed E-state index contributed by atoms with van der Waals surface area (Å²) in [4.78, 5) is 15.2. The van der Waals surface area contributed by atoms with Crippen LogP contribution in [0.1, 0.15) is 29.1 Å². The first-order valence-electron chi connectivity index (χ1n) is 5.81. The van der Waals surface area contributed by atoms with Gasteiger partial charge < -0.3 is 10.2 Å². The van der Waals surface area contributed by atoms with Crippen LogP contribution >= 0.6 is 11.3 Å². The van der Waals surface area contributed by atoms with E-state index in [0.717, 1.165) is 30.9 Å². The maximum atomic E-state index is 12.3. The molecule has 1 aromatic rings. The maximum Gasteiger partial charge on any atom is 0.264 e. The van der Waals surface area contributed by atoms with Crippen LogP contribution in [-0.2, 0) is 6.42 Å². The summed E-state index contributed by atoms with van der Waals surface area (Å²) in [6.07, 6.45) is 0.937. The molecule has 16 heavy (non-hydrogen) atoms. The number of hydrogen-bond donors (Lipinski definition) is 1. The van der Waals surface area contributed by atoms with Gasteiger partial charge in [-0.25, -0.2) is 0 Å². The Kier molecular flexibility index (Phi) is 3.61. The molecule has 2 heterocycles. The smallest absolute Gasteiger partial charge is 0.264 e. The van der Waals surface area contributed by atoms with Gasteiger partial charge in [0.25, 0.3) is 5.91 Å². The van der Waals surface area contributed by atoms with Crippen molar-refractivity contribution in [2.75, 3.05) is 19.6 Å². The van der Waals surface area contributed by atoms with Crippen molar-refractivity contribution in [2.45, 2.75) is 26.3 Å². The summed E-state index contributed by atoms with van der Waals surface area (Å²) in [7, 11) is 0. The van der Waals surface area contributed by atoms with Gasteiger partial charge in [-0.3, -0.25) is 4.79 Å². The Balaban J connectivity index is 2.12. The lowest BCUT2D eigenvalue weighted by molar-refractivity contribution is 0.0713. The fourth-order valence-electron chi connectivity index (χ4n) is 2.06. The molecule has 1 fully saturated rings. The molecule has 1 saturated heterocycles. The van der Waals surface area contributed by atoms with Gasteiger partial charge in [-0.2, -0.15) is 0 Å². The highest BCUT2D eigenvalue weighted by atomic mass is 32.1. The third-order valence-corrected chi connectivity index (χ3v) is 3.92. The third-order valence-electron chi connectivity index (χ3n) is 2.98. The fourth-order valence-corrected chi connectivity index (χ4v) is 3.02. The highest BCUT2D eigenvalue weighted by Gasteiger charge is 2.23. The SMILES string of the molecule is CCc1ccsc1C(=O)N1CCNC(C)C1. The van der Waals surface area contributed by atoms with E-state index in [1.165, 1.54) is 5.56 Å². The Labute approximate surface area is 100 Å². The van der Waals surface area contributed by atoms with Gasteiger partial charge in [0.15, 0.2) is 0 Å². The molecule has 0 aliphatic carbocycles. The van der Waals surface area contributed by atoms with Crippen LogP contribution in [0.25, 0.3) is 0 Å². The van der Waals surface area contributed by atoms with Gasteiger partial charge in [0.05, 0.1) is 4.88 Å². The van der Waals surface area contributed by atoms with Crippen molar-refractivity contribution in [3.8, 4) is 0 Å². The lowest BCUT2D eigenvalue weighted by Crippen LogP contribution is -2.51. The van der Waals surface area contributed by atoms with Crippen LogP contribution in [0.2, 0.25) is 0 Å². The minimum Gasteiger partial charge on any atom is -0.335 e. The van der Waals surface area contributed by atoms with Crippen molar-refractivity contribution in [1.82, 2.24) is 10.2 Å². The summed E-state index contributed by atoms with van der Waals surface area (Å²) in [6.45, 7) is 6.76. The van der Waals surface area contributed by atoms with E-state index in [9.17, 15) is 4.79 Å². The summed E-state index contributed by atoms with van der Waals surface area (Å²) < 4.78 is 0. The number of carbonyl (C=O) groups excluding carboxylic acids is 1. The topological polar surface area (TPSA) is 32.3 Å². The molecule has 0 aromatic carbocycles. The van der Waals surface area contributed by atoms with Gasteiger partial charge in [-0.05, 0) is 30.4 Å². The minimum absolute atomic E-state index is 0.209. The lowest BCUT2D eigenvalue weighted by atomic mass is 10.1. The monoisotopic (exact) mass is 238 g/mol. The molecule has 1 atom stereocenters. The van der Waals surface area contributed by atoms with Crippen molar-refractivity contribution in [3.63, 3.8) is 0 Å². The molecule has 3 nitrogen and oxygen atoms in total. The van der Waals surface area contributed by atoms with Crippen LogP contribution < -0.4 is 5.32 Å². The number of carbonyl (C=O) groups is 1. The van der Waals surface area contributed by atoms with Gasteiger partial charge in [-0.15, -0.1) is 11.3 Å². The highest BCUT2D eigenvalue weighted by Crippen LogP contribution is 2.20. The maximum absolute atomic E-state index is 12.3. The van der Waals surface area contributed by atoms with E-state index in [-0.39, 0.29) is 5.91 Å². The molecular formula is C12H18N2OS. The first-order valence-corrected chi connectivity index (χ1v) is 6.69. The summed E-state index contributed by atoms with van der Waals surface area (Å²) in [5, 5.41) is 5.36. The van der Waals surface area contributed by atoms with Crippen molar-refractivity contribution < 1.29 is 4.79 Å². The molecule has 88 valence electrons. The zero-order valence-electron chi connectivity index (χ0n) is 9.82. The van der Waals surface area contributed by atoms with E-state index in [1.54, 1.807) is 11.3 Å². The average molecular weight is 238 g/mol. The van der Waals surface area contributed by atoms with Gasteiger partial charge in [0.2, 0.25) is 0 Å². The molecule has 1 aliphatic rings. The Hall–Kier alpha value is -0.870. The van der Waals surface area contributed by atoms with Gasteiger partial charge in [0.1, 0.15) is 0 Å². The van der Waals surface area contributed by atoms with Crippen LogP contribution in [0, 0.1) is 0 Å². The number of hydrogen-bond acceptors (Lipinski definition) is 3. The van der Waals surface area contributed by atoms with E-state index >= 15 is 0 Å². The second-order valence-corrected chi connectivity index (χ2v) is 5.15. The average Bonchev–Trinajstić information content (AvgIpc) is 2.76. The van der Waals surface area contributed by atoms with Crippen LogP contribution in [0.5, 0.6) is 0 Å². The normalized spacial score (nSPS) is 21.1. The standard InChI is InChI=1S/C12H18N2OS/c1-3-10-4-7-16-11(10)12(15)14-6-5-13-9(2)8-14/h4,7,9,13H,3,5-6,8H2,1-2H3. The van der Waals surface area contributed by atoms with Gasteiger partial charge in [-0.1, -0.05) is 6.92 Å². The van der Waals surface area contributed by atoms with Crippen LogP contribution in [0.15, 0.2) is 11.4 Å². The van der Waals surface area contributed by atoms with Crippen molar-refractivity contribution in [2.24, 2.45) is 0 Å². The zero-order chi connectivity index (χ0) is 11.5. The van der Waals surface area contributed by atoms with Crippen LogP contribution in [0.3, 0.4) is 0 Å². The first-order chi connectivity index (χ1) is 7.72. The molecule has 1 unspecified atom stereocenters. The predicted octanol–water partition coefficient (Wildman–Crippen LogP) is 1.74. The van der Waals surface area contributed by atoms with Crippen LogP contribution in [0.4, 0.5) is 0 Å². The lowest BCUT2D eigenvalue weighted by Gasteiger charge is -2.31. The van der Waals surface area contributed by atoms with Gasteiger partial charge in [0, 0.05) is 25.7 Å². The van der Waals surface area contributed by atoms with Gasteiger partial charge >= 0.3 is 0 Å². The Morgan fingerprint density at radius 2 is 2.50 bits per heavy atom. The fraction of sp³-hybridized carbons (Fsp3) is 0.583. The summed E-state index contributed by atoms with van der Waals surface area (Å²) >= 11 is 1.57. The second kappa shape index (κ2) is 4.97. The molecule has 1 amide bonds. The molecule has 0 spiro atoms. The Bertz CT molecular complexity index is 375. The van der Waals surface area contributed by atoms with Crippen molar-refractivity contribution >= 4 is 17.2 Å². The Morgan fingerprint density at radius 1 is 1.69 bits per heavy atom. The third kappa shape index (κ3) is 2.28. The van der Waals surface area contributed by atoms with E-state index in [0.29, 0.717) is 6.04 Å². The molecule has 0 radical (unpaired) electrons. The zero-order valence-corrected chi connectivity index (χ0v) is 10.6. The summed E-state index contributed by atoms with van der Waals surface area (Å²) in [5.74, 6) is 0.209. The number of nitrogens with zero attached hydrogens (tertiary/aromatic N) is 1. The molecule has 4 heteroatoms. The molecule has 1 aliphatic heterocycles. The van der Waals surface area contributed by atoms with E-state index in [2.05, 4.69) is 25.2 Å². The molecular weight excluding hydrogens is 220 g/mol. The van der Waals surface area contributed by atoms with E-state index < -0.39 is 0 Å². The minimum atomic E-state index is 0.209. The highest BCUT2D eigenvalue weighted by molar-refractivity contribution is 7.12. The quantitative estimate of drug-likeness (QED) is 0.851. The molecule has 0 saturated carbocycles. The summed E-state index contributed by atoms with van der Waals surface area (Å²) in [6, 6.07) is 2.46. The molecule has 1 N–H and O–H groups in total. The number of amides is 1.